The highest BCUT2D eigenvalue weighted by molar-refractivity contribution is 5.88. The summed E-state index contributed by atoms with van der Waals surface area (Å²) >= 11 is 0. The first-order valence-electron chi connectivity index (χ1n) is 23.5. The van der Waals surface area contributed by atoms with Crippen LogP contribution < -0.4 is 11.1 Å². The Balaban J connectivity index is 2.35. The fraction of sp³-hybridized carbons (Fsp3) is 0.792. The molecule has 1 rings (SSSR count). The lowest BCUT2D eigenvalue weighted by molar-refractivity contribution is -0.164. The summed E-state index contributed by atoms with van der Waals surface area (Å²) in [4.78, 5) is 50.2. The minimum absolute atomic E-state index is 0.157. The van der Waals surface area contributed by atoms with Gasteiger partial charge in [-0.3, -0.25) is 9.59 Å². The summed E-state index contributed by atoms with van der Waals surface area (Å²) in [7, 11) is 0. The van der Waals surface area contributed by atoms with E-state index >= 15 is 0 Å². The van der Waals surface area contributed by atoms with Crippen LogP contribution in [0.5, 0.6) is 0 Å². The van der Waals surface area contributed by atoms with Crippen LogP contribution in [0.1, 0.15) is 225 Å². The summed E-state index contributed by atoms with van der Waals surface area (Å²) in [6.45, 7) is 5.08. The fourth-order valence-electron chi connectivity index (χ4n) is 7.11. The number of alkyl carbamates (subject to hydrolysis) is 1. The highest BCUT2D eigenvalue weighted by atomic mass is 16.6. The number of ether oxygens (including phenoxy) is 3. The van der Waals surface area contributed by atoms with Crippen LogP contribution in [0.25, 0.3) is 0 Å². The first-order valence-corrected chi connectivity index (χ1v) is 23.5. The van der Waals surface area contributed by atoms with Gasteiger partial charge < -0.3 is 25.3 Å². The van der Waals surface area contributed by atoms with Crippen LogP contribution in [-0.4, -0.2) is 42.7 Å². The number of esters is 3. The molecular weight excluding hydrogens is 717 g/mol. The van der Waals surface area contributed by atoms with E-state index < -0.39 is 30.2 Å². The van der Waals surface area contributed by atoms with Crippen LogP contribution in [0.15, 0.2) is 30.3 Å². The lowest BCUT2D eigenvalue weighted by atomic mass is 10.0. The van der Waals surface area contributed by atoms with Crippen molar-refractivity contribution < 1.29 is 33.4 Å². The zero-order valence-electron chi connectivity index (χ0n) is 36.5. The van der Waals surface area contributed by atoms with Crippen molar-refractivity contribution in [2.45, 2.75) is 238 Å². The van der Waals surface area contributed by atoms with Crippen LogP contribution in [0, 0.1) is 0 Å². The van der Waals surface area contributed by atoms with E-state index in [-0.39, 0.29) is 19.0 Å². The van der Waals surface area contributed by atoms with E-state index in [1.807, 2.05) is 30.3 Å². The maximum Gasteiger partial charge on any atom is 0.407 e. The number of carbonyl (C=O) groups is 4. The van der Waals surface area contributed by atoms with E-state index in [0.717, 1.165) is 44.1 Å². The molecule has 0 aromatic heterocycles. The molecule has 0 bridgehead atoms. The lowest BCUT2D eigenvalue weighted by Gasteiger charge is -2.18. The van der Waals surface area contributed by atoms with Gasteiger partial charge in [0, 0.05) is 13.0 Å². The Morgan fingerprint density at radius 2 is 1.02 bits per heavy atom. The molecule has 0 saturated heterocycles. The van der Waals surface area contributed by atoms with Crippen molar-refractivity contribution in [3.8, 4) is 0 Å². The number of benzene rings is 1. The topological polar surface area (TPSA) is 134 Å². The molecule has 9 nitrogen and oxygen atoms in total. The minimum atomic E-state index is -0.961. The van der Waals surface area contributed by atoms with Crippen molar-refractivity contribution in [1.29, 1.82) is 0 Å². The average Bonchev–Trinajstić information content (AvgIpc) is 3.20. The highest BCUT2D eigenvalue weighted by Gasteiger charge is 2.24. The molecule has 0 aliphatic carbocycles. The molecule has 0 aliphatic rings. The maximum atomic E-state index is 12.8. The normalized spacial score (nSPS) is 12.2. The number of rotatable bonds is 39. The largest absolute Gasteiger partial charge is 0.462 e. The summed E-state index contributed by atoms with van der Waals surface area (Å²) in [6, 6.07) is 8.47. The van der Waals surface area contributed by atoms with Crippen LogP contribution in [-0.2, 0) is 35.2 Å². The third kappa shape index (κ3) is 33.7. The van der Waals surface area contributed by atoms with E-state index in [9.17, 15) is 19.2 Å². The Kier molecular flexibility index (Phi) is 35.2. The first kappa shape index (κ1) is 52.1. The van der Waals surface area contributed by atoms with Gasteiger partial charge in [0.15, 0.2) is 0 Å². The van der Waals surface area contributed by atoms with Crippen LogP contribution >= 0.6 is 0 Å². The van der Waals surface area contributed by atoms with Gasteiger partial charge in [0.25, 0.3) is 0 Å². The average molecular weight is 801 g/mol. The van der Waals surface area contributed by atoms with Crippen LogP contribution in [0.2, 0.25) is 0 Å². The first-order chi connectivity index (χ1) is 27.8. The van der Waals surface area contributed by atoms with Gasteiger partial charge in [0.2, 0.25) is 0 Å². The van der Waals surface area contributed by atoms with Gasteiger partial charge in [-0.15, -0.1) is 0 Å². The molecule has 1 aromatic rings. The fourth-order valence-corrected chi connectivity index (χ4v) is 7.11. The van der Waals surface area contributed by atoms with E-state index in [4.69, 9.17) is 19.9 Å². The maximum absolute atomic E-state index is 12.8. The van der Waals surface area contributed by atoms with Gasteiger partial charge in [-0.1, -0.05) is 198 Å². The van der Waals surface area contributed by atoms with Gasteiger partial charge in [-0.25, -0.2) is 9.59 Å². The molecule has 9 heteroatoms. The monoisotopic (exact) mass is 801 g/mol. The molecule has 328 valence electrons. The van der Waals surface area contributed by atoms with Crippen molar-refractivity contribution in [2.24, 2.45) is 5.73 Å². The molecule has 1 amide bonds. The number of nitrogens with two attached hydrogens (primary N) is 1. The third-order valence-corrected chi connectivity index (χ3v) is 10.7. The molecule has 0 spiro atoms. The molecule has 0 radical (unpaired) electrons. The van der Waals surface area contributed by atoms with Gasteiger partial charge in [-0.05, 0) is 44.1 Å². The SMILES string of the molecule is CCCCCCCCCCCCCCCC(=O)OC(CCCCCCCCCCCCCCC)CC(=O)OC(=O)[C@@H](N)CCCCNC(=O)OCc1ccccc1. The van der Waals surface area contributed by atoms with Crippen LogP contribution in [0.4, 0.5) is 4.79 Å². The van der Waals surface area contributed by atoms with E-state index in [1.54, 1.807) is 0 Å². The minimum Gasteiger partial charge on any atom is -0.462 e. The molecule has 3 N–H and O–H groups in total. The van der Waals surface area contributed by atoms with Crippen molar-refractivity contribution in [3.05, 3.63) is 35.9 Å². The van der Waals surface area contributed by atoms with Gasteiger partial charge in [0.05, 0.1) is 6.42 Å². The number of hydrogen-bond acceptors (Lipinski definition) is 8. The Hall–Kier alpha value is -2.94. The van der Waals surface area contributed by atoms with Crippen molar-refractivity contribution >= 4 is 24.0 Å². The third-order valence-electron chi connectivity index (χ3n) is 10.7. The predicted octanol–water partition coefficient (Wildman–Crippen LogP) is 12.7. The highest BCUT2D eigenvalue weighted by Crippen LogP contribution is 2.18. The molecule has 1 unspecified atom stereocenters. The van der Waals surface area contributed by atoms with Gasteiger partial charge >= 0.3 is 24.0 Å². The van der Waals surface area contributed by atoms with Gasteiger partial charge in [0.1, 0.15) is 18.8 Å². The molecule has 0 aliphatic heterocycles. The Morgan fingerprint density at radius 1 is 0.561 bits per heavy atom. The molecular formula is C48H84N2O7. The Labute approximate surface area is 348 Å². The second kappa shape index (κ2) is 38.6. The number of hydrogen-bond donors (Lipinski definition) is 2. The Morgan fingerprint density at radius 3 is 1.53 bits per heavy atom. The smallest absolute Gasteiger partial charge is 0.407 e. The predicted molar refractivity (Wildman–Crippen MR) is 233 cm³/mol. The van der Waals surface area contributed by atoms with E-state index in [0.29, 0.717) is 38.6 Å². The molecule has 1 aromatic carbocycles. The van der Waals surface area contributed by atoms with E-state index in [1.165, 1.54) is 128 Å². The van der Waals surface area contributed by atoms with Crippen LogP contribution in [0.3, 0.4) is 0 Å². The lowest BCUT2D eigenvalue weighted by Crippen LogP contribution is -2.35. The second-order valence-corrected chi connectivity index (χ2v) is 16.2. The Bertz CT molecular complexity index is 1120. The van der Waals surface area contributed by atoms with Gasteiger partial charge in [-0.2, -0.15) is 0 Å². The summed E-state index contributed by atoms with van der Waals surface area (Å²) in [5.74, 6) is -1.79. The van der Waals surface area contributed by atoms with Crippen molar-refractivity contribution in [2.75, 3.05) is 6.54 Å². The number of unbranched alkanes of at least 4 members (excludes halogenated alkanes) is 25. The molecule has 57 heavy (non-hydrogen) atoms. The molecule has 2 atom stereocenters. The number of amides is 1. The van der Waals surface area contributed by atoms with E-state index in [2.05, 4.69) is 19.2 Å². The van der Waals surface area contributed by atoms with Crippen molar-refractivity contribution in [1.82, 2.24) is 5.32 Å². The zero-order chi connectivity index (χ0) is 41.4. The molecule has 0 fully saturated rings. The quantitative estimate of drug-likeness (QED) is 0.0291. The summed E-state index contributed by atoms with van der Waals surface area (Å²) in [5.41, 5.74) is 6.94. The summed E-state index contributed by atoms with van der Waals surface area (Å²) in [6.07, 6.45) is 33.3. The second-order valence-electron chi connectivity index (χ2n) is 16.2. The zero-order valence-corrected chi connectivity index (χ0v) is 36.5. The van der Waals surface area contributed by atoms with Crippen molar-refractivity contribution in [3.63, 3.8) is 0 Å². The number of carbonyl (C=O) groups excluding carboxylic acids is 4. The standard InChI is InChI=1S/C48H84N2O7/c1-3-5-7-9-11-13-15-17-19-21-23-25-30-36-43(56-45(51)38-31-26-24-22-20-18-16-14-12-10-8-6-4-2)40-46(52)57-47(53)44(49)37-32-33-39-50-48(54)55-41-42-34-28-27-29-35-42/h27-29,34-35,43-44H,3-26,30-33,36-41,49H2,1-2H3,(H,50,54)/t43?,44-/m0/s1. The molecule has 0 saturated carbocycles. The molecule has 0 heterocycles. The number of nitrogens with one attached hydrogen (secondary N) is 1. The summed E-state index contributed by atoms with van der Waals surface area (Å²) in [5, 5.41) is 2.69. The summed E-state index contributed by atoms with van der Waals surface area (Å²) < 4.78 is 16.1.